The first-order chi connectivity index (χ1) is 12.1. The van der Waals surface area contributed by atoms with E-state index in [0.717, 1.165) is 11.1 Å². The zero-order valence-corrected chi connectivity index (χ0v) is 15.2. The van der Waals surface area contributed by atoms with Gasteiger partial charge in [0.2, 0.25) is 11.1 Å². The average molecular weight is 373 g/mol. The summed E-state index contributed by atoms with van der Waals surface area (Å²) in [5, 5.41) is 11.1. The van der Waals surface area contributed by atoms with Gasteiger partial charge in [-0.15, -0.1) is 5.10 Å². The molecule has 0 radical (unpaired) electrons. The predicted molar refractivity (Wildman–Crippen MR) is 101 cm³/mol. The number of H-pyrrole nitrogens is 1. The van der Waals surface area contributed by atoms with E-state index in [1.54, 1.807) is 6.07 Å². The van der Waals surface area contributed by atoms with Gasteiger partial charge < -0.3 is 5.32 Å². The van der Waals surface area contributed by atoms with Gasteiger partial charge >= 0.3 is 0 Å². The molecule has 0 aliphatic rings. The molecule has 7 heteroatoms. The number of thioether (sulfide) groups is 1. The highest BCUT2D eigenvalue weighted by atomic mass is 35.5. The number of nitrogens with one attached hydrogen (secondary N) is 2. The maximum absolute atomic E-state index is 12.0. The molecule has 0 bridgehead atoms. The van der Waals surface area contributed by atoms with Crippen molar-refractivity contribution >= 4 is 29.3 Å². The van der Waals surface area contributed by atoms with Crippen molar-refractivity contribution in [1.82, 2.24) is 20.5 Å². The first-order valence-electron chi connectivity index (χ1n) is 7.74. The second kappa shape index (κ2) is 8.18. The number of aromatic amines is 1. The van der Waals surface area contributed by atoms with Crippen LogP contribution in [0.3, 0.4) is 0 Å². The summed E-state index contributed by atoms with van der Waals surface area (Å²) in [6.07, 6.45) is 0. The summed E-state index contributed by atoms with van der Waals surface area (Å²) >= 11 is 7.36. The number of carbonyl (C=O) groups excluding carboxylic acids is 1. The molecule has 1 amide bonds. The monoisotopic (exact) mass is 372 g/mol. The van der Waals surface area contributed by atoms with E-state index in [2.05, 4.69) is 20.5 Å². The van der Waals surface area contributed by atoms with Crippen LogP contribution in [0.5, 0.6) is 0 Å². The van der Waals surface area contributed by atoms with Crippen LogP contribution < -0.4 is 5.32 Å². The number of aryl methyl sites for hydroxylation is 1. The van der Waals surface area contributed by atoms with Gasteiger partial charge in [0.1, 0.15) is 0 Å². The number of halogens is 1. The smallest absolute Gasteiger partial charge is 0.230 e. The van der Waals surface area contributed by atoms with Crippen LogP contribution in [0, 0.1) is 6.92 Å². The van der Waals surface area contributed by atoms with Gasteiger partial charge in [-0.1, -0.05) is 71.4 Å². The van der Waals surface area contributed by atoms with E-state index in [4.69, 9.17) is 11.6 Å². The molecule has 25 heavy (non-hydrogen) atoms. The highest BCUT2D eigenvalue weighted by Gasteiger charge is 2.09. The zero-order chi connectivity index (χ0) is 17.6. The van der Waals surface area contributed by atoms with E-state index in [1.807, 2.05) is 49.4 Å². The van der Waals surface area contributed by atoms with Crippen molar-refractivity contribution in [1.29, 1.82) is 0 Å². The molecule has 0 unspecified atom stereocenters. The van der Waals surface area contributed by atoms with E-state index in [9.17, 15) is 4.79 Å². The van der Waals surface area contributed by atoms with E-state index in [0.29, 0.717) is 22.5 Å². The standard InChI is InChI=1S/C18H17ClN4OS/c1-12-6-8-13(9-7-12)17-21-18(23-22-17)25-11-16(24)20-10-14-4-2-3-5-15(14)19/h2-9H,10-11H2,1H3,(H,20,24)(H,21,22,23). The molecule has 2 aromatic carbocycles. The van der Waals surface area contributed by atoms with Gasteiger partial charge in [0.05, 0.1) is 5.75 Å². The molecule has 0 aliphatic carbocycles. The Hall–Kier alpha value is -2.31. The van der Waals surface area contributed by atoms with Gasteiger partial charge in [-0.3, -0.25) is 9.89 Å². The van der Waals surface area contributed by atoms with Crippen molar-refractivity contribution in [2.45, 2.75) is 18.6 Å². The van der Waals surface area contributed by atoms with Gasteiger partial charge in [0, 0.05) is 17.1 Å². The van der Waals surface area contributed by atoms with E-state index in [1.165, 1.54) is 17.3 Å². The molecule has 1 heterocycles. The molecular formula is C18H17ClN4OS. The number of benzene rings is 2. The predicted octanol–water partition coefficient (Wildman–Crippen LogP) is 3.84. The number of hydrogen-bond acceptors (Lipinski definition) is 4. The molecule has 0 aliphatic heterocycles. The highest BCUT2D eigenvalue weighted by molar-refractivity contribution is 7.99. The van der Waals surface area contributed by atoms with Crippen LogP contribution in [0.4, 0.5) is 0 Å². The second-order valence-corrected chi connectivity index (χ2v) is 6.84. The summed E-state index contributed by atoms with van der Waals surface area (Å²) in [7, 11) is 0. The average Bonchev–Trinajstić information content (AvgIpc) is 3.09. The van der Waals surface area contributed by atoms with Crippen LogP contribution in [0.1, 0.15) is 11.1 Å². The molecule has 0 saturated carbocycles. The van der Waals surface area contributed by atoms with Crippen LogP contribution in [0.15, 0.2) is 53.7 Å². The first kappa shape index (κ1) is 17.5. The minimum Gasteiger partial charge on any atom is -0.351 e. The largest absolute Gasteiger partial charge is 0.351 e. The lowest BCUT2D eigenvalue weighted by molar-refractivity contribution is -0.118. The topological polar surface area (TPSA) is 70.7 Å². The zero-order valence-electron chi connectivity index (χ0n) is 13.6. The molecule has 2 N–H and O–H groups in total. The third-order valence-corrected chi connectivity index (χ3v) is 4.77. The van der Waals surface area contributed by atoms with Gasteiger partial charge in [0.25, 0.3) is 0 Å². The van der Waals surface area contributed by atoms with Gasteiger partial charge in [-0.05, 0) is 18.6 Å². The minimum absolute atomic E-state index is 0.0911. The van der Waals surface area contributed by atoms with Crippen molar-refractivity contribution in [2.24, 2.45) is 0 Å². The molecular weight excluding hydrogens is 356 g/mol. The maximum Gasteiger partial charge on any atom is 0.230 e. The van der Waals surface area contributed by atoms with Crippen LogP contribution >= 0.6 is 23.4 Å². The summed E-state index contributed by atoms with van der Waals surface area (Å²) in [6.45, 7) is 2.44. The molecule has 3 aromatic rings. The molecule has 0 atom stereocenters. The fourth-order valence-electron chi connectivity index (χ4n) is 2.17. The third-order valence-electron chi connectivity index (χ3n) is 3.56. The summed E-state index contributed by atoms with van der Waals surface area (Å²) in [5.74, 6) is 0.848. The van der Waals surface area contributed by atoms with Crippen molar-refractivity contribution in [2.75, 3.05) is 5.75 Å². The summed E-state index contributed by atoms with van der Waals surface area (Å²) in [5.41, 5.74) is 3.04. The van der Waals surface area contributed by atoms with Crippen LogP contribution in [0.25, 0.3) is 11.4 Å². The van der Waals surface area contributed by atoms with Crippen LogP contribution in [-0.2, 0) is 11.3 Å². The summed E-state index contributed by atoms with van der Waals surface area (Å²) in [6, 6.07) is 15.5. The Morgan fingerprint density at radius 2 is 1.96 bits per heavy atom. The SMILES string of the molecule is Cc1ccc(-c2nc(SCC(=O)NCc3ccccc3Cl)n[nH]2)cc1. The van der Waals surface area contributed by atoms with Gasteiger partial charge in [-0.2, -0.15) is 0 Å². The van der Waals surface area contributed by atoms with Crippen molar-refractivity contribution in [3.05, 3.63) is 64.7 Å². The quantitative estimate of drug-likeness (QED) is 0.645. The molecule has 0 saturated heterocycles. The molecule has 1 aromatic heterocycles. The number of carbonyl (C=O) groups is 1. The van der Waals surface area contributed by atoms with Crippen LogP contribution in [0.2, 0.25) is 5.02 Å². The van der Waals surface area contributed by atoms with Crippen LogP contribution in [-0.4, -0.2) is 26.8 Å². The first-order valence-corrected chi connectivity index (χ1v) is 9.10. The van der Waals surface area contributed by atoms with Gasteiger partial charge in [-0.25, -0.2) is 4.98 Å². The van der Waals surface area contributed by atoms with Gasteiger partial charge in [0.15, 0.2) is 5.82 Å². The molecule has 3 rings (SSSR count). The number of aromatic nitrogens is 3. The Kier molecular flexibility index (Phi) is 5.73. The number of rotatable bonds is 6. The van der Waals surface area contributed by atoms with Crippen molar-refractivity contribution in [3.63, 3.8) is 0 Å². The second-order valence-electron chi connectivity index (χ2n) is 5.49. The van der Waals surface area contributed by atoms with E-state index in [-0.39, 0.29) is 11.7 Å². The third kappa shape index (κ3) is 4.84. The fraction of sp³-hybridized carbons (Fsp3) is 0.167. The fourth-order valence-corrected chi connectivity index (χ4v) is 3.00. The minimum atomic E-state index is -0.0911. The summed E-state index contributed by atoms with van der Waals surface area (Å²) < 4.78 is 0. The van der Waals surface area contributed by atoms with E-state index < -0.39 is 0 Å². The lowest BCUT2D eigenvalue weighted by Crippen LogP contribution is -2.24. The molecule has 128 valence electrons. The molecule has 0 fully saturated rings. The maximum atomic E-state index is 12.0. The van der Waals surface area contributed by atoms with E-state index >= 15 is 0 Å². The lowest BCUT2D eigenvalue weighted by Gasteiger charge is -2.05. The Balaban J connectivity index is 1.51. The molecule has 5 nitrogen and oxygen atoms in total. The Morgan fingerprint density at radius 1 is 1.20 bits per heavy atom. The van der Waals surface area contributed by atoms with Crippen molar-refractivity contribution < 1.29 is 4.79 Å². The Bertz CT molecular complexity index is 864. The normalized spacial score (nSPS) is 10.6. The number of nitrogens with zero attached hydrogens (tertiary/aromatic N) is 2. The summed E-state index contributed by atoms with van der Waals surface area (Å²) in [4.78, 5) is 16.4. The Morgan fingerprint density at radius 3 is 2.72 bits per heavy atom. The molecule has 0 spiro atoms. The number of amides is 1. The van der Waals surface area contributed by atoms with Crippen molar-refractivity contribution in [3.8, 4) is 11.4 Å². The highest BCUT2D eigenvalue weighted by Crippen LogP contribution is 2.19. The lowest BCUT2D eigenvalue weighted by atomic mass is 10.1. The Labute approximate surface area is 155 Å². The number of hydrogen-bond donors (Lipinski definition) is 2.